The monoisotopic (exact) mass is 417 g/mol. The normalized spacial score (nSPS) is 27.7. The highest BCUT2D eigenvalue weighted by atomic mass is 16.8. The van der Waals surface area contributed by atoms with Crippen LogP contribution in [0.1, 0.15) is 20.9 Å². The summed E-state index contributed by atoms with van der Waals surface area (Å²) in [6.45, 7) is 4.26. The molecule has 4 rings (SSSR count). The van der Waals surface area contributed by atoms with Crippen LogP contribution >= 0.6 is 0 Å². The van der Waals surface area contributed by atoms with Crippen molar-refractivity contribution >= 4 is 23.6 Å². The number of carbonyl (C=O) groups excluding carboxylic acids is 2. The van der Waals surface area contributed by atoms with E-state index in [2.05, 4.69) is 10.1 Å². The lowest BCUT2D eigenvalue weighted by molar-refractivity contribution is -0.0846. The molecule has 158 valence electrons. The van der Waals surface area contributed by atoms with Crippen LogP contribution in [0.3, 0.4) is 0 Å². The number of amides is 1. The Balaban J connectivity index is 1.71. The quantitative estimate of drug-likeness (QED) is 0.691. The molecule has 0 unspecified atom stereocenters. The summed E-state index contributed by atoms with van der Waals surface area (Å²) in [6.07, 6.45) is -3.52. The number of fused-ring (bicyclic) bond motifs is 2. The first kappa shape index (κ1) is 18.4. The van der Waals surface area contributed by atoms with Crippen LogP contribution in [0.2, 0.25) is 0 Å². The van der Waals surface area contributed by atoms with Crippen molar-refractivity contribution in [1.29, 1.82) is 5.26 Å². The Morgan fingerprint density at radius 2 is 2.27 bits per heavy atom. The first-order chi connectivity index (χ1) is 14.9. The zero-order valence-electron chi connectivity index (χ0n) is 17.3. The summed E-state index contributed by atoms with van der Waals surface area (Å²) in [5, 5.41) is 14.2. The first-order valence-electron chi connectivity index (χ1n) is 9.83. The predicted molar refractivity (Wildman–Crippen MR) is 99.0 cm³/mol. The van der Waals surface area contributed by atoms with E-state index in [9.17, 15) is 14.9 Å². The Labute approximate surface area is 172 Å². The van der Waals surface area contributed by atoms with Gasteiger partial charge in [-0.1, -0.05) is 0 Å². The molecule has 2 aromatic rings. The molecular weight excluding hydrogens is 396 g/mol. The van der Waals surface area contributed by atoms with Crippen LogP contribution in [0.4, 0.5) is 15.4 Å². The Morgan fingerprint density at radius 1 is 1.50 bits per heavy atom. The van der Waals surface area contributed by atoms with Crippen LogP contribution in [0.5, 0.6) is 0 Å². The van der Waals surface area contributed by atoms with Crippen molar-refractivity contribution in [3.05, 3.63) is 24.1 Å². The first-order valence-corrected chi connectivity index (χ1v) is 9.33. The Hall–Kier alpha value is -3.59. The van der Waals surface area contributed by atoms with Crippen molar-refractivity contribution in [3.8, 4) is 6.07 Å². The molecule has 0 aliphatic carbocycles. The van der Waals surface area contributed by atoms with Gasteiger partial charge in [-0.25, -0.2) is 19.1 Å². The minimum Gasteiger partial charge on any atom is -0.446 e. The van der Waals surface area contributed by atoms with E-state index in [-0.39, 0.29) is 29.7 Å². The fourth-order valence-corrected chi connectivity index (χ4v) is 3.69. The van der Waals surface area contributed by atoms with E-state index in [0.29, 0.717) is 13.1 Å². The summed E-state index contributed by atoms with van der Waals surface area (Å²) in [5.41, 5.74) is 4.28. The number of nitrogens with two attached hydrogens (primary N) is 1. The third-order valence-electron chi connectivity index (χ3n) is 5.19. The Morgan fingerprint density at radius 3 is 2.97 bits per heavy atom. The summed E-state index contributed by atoms with van der Waals surface area (Å²) in [4.78, 5) is 29.4. The zero-order valence-corrected chi connectivity index (χ0v) is 16.3. The van der Waals surface area contributed by atoms with Gasteiger partial charge in [0.1, 0.15) is 30.6 Å². The van der Waals surface area contributed by atoms with E-state index in [1.165, 1.54) is 21.8 Å². The van der Waals surface area contributed by atoms with Gasteiger partial charge in [0.15, 0.2) is 18.0 Å². The molecule has 0 radical (unpaired) electrons. The number of nitrogens with zero attached hydrogens (tertiary/aromatic N) is 5. The van der Waals surface area contributed by atoms with Crippen LogP contribution in [-0.2, 0) is 24.5 Å². The molecule has 0 aromatic carbocycles. The van der Waals surface area contributed by atoms with Gasteiger partial charge in [0, 0.05) is 13.1 Å². The van der Waals surface area contributed by atoms with Gasteiger partial charge in [-0.05, 0) is 26.0 Å². The lowest BCUT2D eigenvalue weighted by Gasteiger charge is -2.25. The average molecular weight is 417 g/mol. The highest BCUT2D eigenvalue weighted by molar-refractivity contribution is 5.68. The number of carbonyl (C=O) groups is 2. The molecule has 0 spiro atoms. The lowest BCUT2D eigenvalue weighted by Crippen LogP contribution is -2.39. The molecule has 30 heavy (non-hydrogen) atoms. The molecule has 2 fully saturated rings. The van der Waals surface area contributed by atoms with E-state index < -0.39 is 36.2 Å². The topological polar surface area (TPSA) is 154 Å². The lowest BCUT2D eigenvalue weighted by atomic mass is 9.92. The Bertz CT molecular complexity index is 1080. The second kappa shape index (κ2) is 7.34. The summed E-state index contributed by atoms with van der Waals surface area (Å²) in [7, 11) is 0. The van der Waals surface area contributed by atoms with Crippen molar-refractivity contribution in [2.75, 3.05) is 25.4 Å². The van der Waals surface area contributed by atoms with Crippen LogP contribution in [0.15, 0.2) is 18.4 Å². The fourth-order valence-electron chi connectivity index (χ4n) is 3.69. The van der Waals surface area contributed by atoms with Gasteiger partial charge in [-0.3, -0.25) is 0 Å². The summed E-state index contributed by atoms with van der Waals surface area (Å²) in [5.74, 6) is 0.0401. The predicted octanol–water partition coefficient (Wildman–Crippen LogP) is 0.812. The van der Waals surface area contributed by atoms with Crippen molar-refractivity contribution in [2.45, 2.75) is 37.8 Å². The number of nitriles is 1. The highest BCUT2D eigenvalue weighted by Crippen LogP contribution is 2.46. The largest absolute Gasteiger partial charge is 0.509 e. The molecule has 4 heterocycles. The number of anilines is 1. The van der Waals surface area contributed by atoms with Gasteiger partial charge >= 0.3 is 12.2 Å². The second-order valence-electron chi connectivity index (χ2n) is 6.70. The third kappa shape index (κ3) is 2.86. The van der Waals surface area contributed by atoms with Gasteiger partial charge in [0.05, 0.1) is 7.06 Å². The molecule has 0 bridgehead atoms. The van der Waals surface area contributed by atoms with Gasteiger partial charge in [-0.2, -0.15) is 10.4 Å². The molecular formula is C18H20N6O6. The van der Waals surface area contributed by atoms with Gasteiger partial charge in [0.25, 0.3) is 0 Å². The van der Waals surface area contributed by atoms with Crippen molar-refractivity contribution in [3.63, 3.8) is 0 Å². The van der Waals surface area contributed by atoms with E-state index in [1.54, 1.807) is 0 Å². The zero-order chi connectivity index (χ0) is 22.3. The van der Waals surface area contributed by atoms with Crippen molar-refractivity contribution in [1.82, 2.24) is 19.5 Å². The molecule has 2 N–H and O–H groups in total. The number of aromatic nitrogens is 3. The van der Waals surface area contributed by atoms with Gasteiger partial charge < -0.3 is 29.6 Å². The van der Waals surface area contributed by atoms with E-state index in [4.69, 9.17) is 26.1 Å². The van der Waals surface area contributed by atoms with E-state index >= 15 is 0 Å². The minimum atomic E-state index is -1.87. The number of ether oxygens (including phenoxy) is 4. The average Bonchev–Trinajstić information content (AvgIpc) is 3.39. The minimum absolute atomic E-state index is 0.0375. The molecule has 2 saturated heterocycles. The molecule has 1 amide bonds. The summed E-state index contributed by atoms with van der Waals surface area (Å²) < 4.78 is 31.2. The molecule has 12 heteroatoms. The van der Waals surface area contributed by atoms with Crippen molar-refractivity contribution < 1.29 is 29.9 Å². The number of hydrogen-bond acceptors (Lipinski definition) is 10. The maximum atomic E-state index is 12.2. The fraction of sp³-hybridized carbons (Fsp3) is 0.500. The Kier molecular flexibility index (Phi) is 4.51. The third-order valence-corrected chi connectivity index (χ3v) is 5.19. The molecule has 2 aromatic heterocycles. The molecule has 2 aliphatic rings. The molecule has 12 nitrogen and oxygen atoms in total. The highest BCUT2D eigenvalue weighted by Gasteiger charge is 2.65. The van der Waals surface area contributed by atoms with Gasteiger partial charge in [-0.15, -0.1) is 0 Å². The number of nitrogen functional groups attached to an aromatic ring is 1. The molecule has 0 saturated carbocycles. The van der Waals surface area contributed by atoms with Crippen LogP contribution in [0.25, 0.3) is 5.52 Å². The maximum absolute atomic E-state index is 12.2. The van der Waals surface area contributed by atoms with Crippen LogP contribution in [0, 0.1) is 11.3 Å². The molecule has 4 atom stereocenters. The number of hydrogen-bond donors (Lipinski definition) is 1. The van der Waals surface area contributed by atoms with E-state index in [1.807, 2.05) is 19.9 Å². The number of rotatable bonds is 5. The standard InChI is InChI=1S/C18H20N6O6/c1-3-23(4-2)16(25)27-7-11-13-14(29-17(26)28-13)18(8-19,30-11)12-6-5-10-15(20)21-9-22-24(10)12/h5-6,9,11,13-14H,3-4,7H2,1-2H3,(H2,20,21,22)/t11-,13-,14-,18+/m1/s1/i5D. The SMILES string of the molecule is [2H]c1cc([C@]2(C#N)O[C@H](COC(=O)N(CC)CC)[C@H]3OC(=O)O[C@H]32)n2ncnc(N)c12. The maximum Gasteiger partial charge on any atom is 0.509 e. The van der Waals surface area contributed by atoms with E-state index in [0.717, 1.165) is 0 Å². The summed E-state index contributed by atoms with van der Waals surface area (Å²) >= 11 is 0. The van der Waals surface area contributed by atoms with Crippen LogP contribution < -0.4 is 5.73 Å². The molecule has 2 aliphatic heterocycles. The van der Waals surface area contributed by atoms with Gasteiger partial charge in [0.2, 0.25) is 5.60 Å². The van der Waals surface area contributed by atoms with Crippen molar-refractivity contribution in [2.24, 2.45) is 0 Å². The smallest absolute Gasteiger partial charge is 0.446 e. The van der Waals surface area contributed by atoms with Crippen LogP contribution in [-0.4, -0.2) is 69.8 Å². The summed E-state index contributed by atoms with van der Waals surface area (Å²) in [6, 6.07) is 3.34. The second-order valence-corrected chi connectivity index (χ2v) is 6.70.